The number of aliphatic hydroxyl groups is 1. The number of ether oxygens (including phenoxy) is 1. The highest BCUT2D eigenvalue weighted by Gasteiger charge is 2.42. The van der Waals surface area contributed by atoms with Gasteiger partial charge in [-0.2, -0.15) is 0 Å². The maximum atomic E-state index is 11.2. The van der Waals surface area contributed by atoms with Crippen molar-refractivity contribution >= 4 is 11.9 Å². The zero-order chi connectivity index (χ0) is 12.1. The molecule has 0 fully saturated rings. The number of esters is 1. The minimum absolute atomic E-state index is 0.204. The third kappa shape index (κ3) is 3.85. The van der Waals surface area contributed by atoms with Crippen LogP contribution in [-0.2, 0) is 14.3 Å². The summed E-state index contributed by atoms with van der Waals surface area (Å²) in [6.07, 6.45) is 1.54. The van der Waals surface area contributed by atoms with Gasteiger partial charge in [0.15, 0.2) is 0 Å². The Labute approximate surface area is 88.0 Å². The Bertz CT molecular complexity index is 239. The molecule has 0 spiro atoms. The van der Waals surface area contributed by atoms with Crippen LogP contribution in [0.1, 0.15) is 26.7 Å². The molecule has 6 heteroatoms. The number of carbonyl (C=O) groups is 2. The molecule has 0 aromatic rings. The Morgan fingerprint density at radius 2 is 2.07 bits per heavy atom. The molecule has 2 unspecified atom stereocenters. The summed E-state index contributed by atoms with van der Waals surface area (Å²) in [5.41, 5.74) is 2.48. The fourth-order valence-corrected chi connectivity index (χ4v) is 0.807. The van der Waals surface area contributed by atoms with E-state index in [1.165, 1.54) is 6.92 Å². The molecule has 0 aromatic heterocycles. The molecule has 0 saturated carbocycles. The van der Waals surface area contributed by atoms with Crippen molar-refractivity contribution in [3.8, 4) is 0 Å². The van der Waals surface area contributed by atoms with Gasteiger partial charge in [-0.15, -0.1) is 0 Å². The largest absolute Gasteiger partial charge is 0.478 e. The van der Waals surface area contributed by atoms with Gasteiger partial charge in [0.25, 0.3) is 0 Å². The number of carbonyl (C=O) groups excluding carboxylic acids is 1. The van der Waals surface area contributed by atoms with Crippen LogP contribution in [0.15, 0.2) is 0 Å². The van der Waals surface area contributed by atoms with E-state index >= 15 is 0 Å². The van der Waals surface area contributed by atoms with Crippen molar-refractivity contribution in [2.24, 2.45) is 11.7 Å². The molecule has 4 N–H and O–H groups in total. The molecule has 0 aromatic carbocycles. The first kappa shape index (κ1) is 13.9. The first-order chi connectivity index (χ1) is 6.84. The molecule has 0 radical (unpaired) electrons. The van der Waals surface area contributed by atoms with Gasteiger partial charge < -0.3 is 14.9 Å². The number of rotatable bonds is 6. The molecular weight excluding hydrogens is 202 g/mol. The topological polar surface area (TPSA) is 110 Å². The van der Waals surface area contributed by atoms with Crippen molar-refractivity contribution < 1.29 is 24.5 Å². The second-order valence-electron chi connectivity index (χ2n) is 3.37. The monoisotopic (exact) mass is 219 g/mol. The summed E-state index contributed by atoms with van der Waals surface area (Å²) in [5, 5.41) is 17.8. The average Bonchev–Trinajstić information content (AvgIpc) is 2.16. The zero-order valence-corrected chi connectivity index (χ0v) is 8.90. The average molecular weight is 219 g/mol. The molecule has 0 aliphatic heterocycles. The van der Waals surface area contributed by atoms with Crippen molar-refractivity contribution in [2.75, 3.05) is 6.61 Å². The van der Waals surface area contributed by atoms with Crippen LogP contribution in [0, 0.1) is 5.92 Å². The first-order valence-corrected chi connectivity index (χ1v) is 4.75. The Morgan fingerprint density at radius 1 is 1.53 bits per heavy atom. The van der Waals surface area contributed by atoms with Gasteiger partial charge >= 0.3 is 11.9 Å². The van der Waals surface area contributed by atoms with Crippen molar-refractivity contribution in [2.45, 2.75) is 32.4 Å². The summed E-state index contributed by atoms with van der Waals surface area (Å²) in [5.74, 6) is -3.76. The Morgan fingerprint density at radius 3 is 2.47 bits per heavy atom. The maximum Gasteiger partial charge on any atom is 0.351 e. The molecule has 0 aliphatic rings. The van der Waals surface area contributed by atoms with Crippen molar-refractivity contribution in [3.05, 3.63) is 0 Å². The third-order valence-electron chi connectivity index (χ3n) is 2.10. The van der Waals surface area contributed by atoms with Crippen LogP contribution in [0.3, 0.4) is 0 Å². The first-order valence-electron chi connectivity index (χ1n) is 4.75. The molecule has 0 bridgehead atoms. The number of hydrogen-bond acceptors (Lipinski definition) is 5. The lowest BCUT2D eigenvalue weighted by molar-refractivity contribution is -0.175. The molecule has 88 valence electrons. The number of carboxylic acid groups (broad SMARTS) is 1. The van der Waals surface area contributed by atoms with E-state index in [-0.39, 0.29) is 6.61 Å². The van der Waals surface area contributed by atoms with Crippen LogP contribution in [0.4, 0.5) is 0 Å². The number of unbranched alkanes of at least 4 members (excludes halogenated alkanes) is 1. The lowest BCUT2D eigenvalue weighted by Gasteiger charge is -2.23. The summed E-state index contributed by atoms with van der Waals surface area (Å²) in [7, 11) is 0. The molecular formula is C9H17NO5. The molecule has 0 rings (SSSR count). The molecule has 0 saturated heterocycles. The second kappa shape index (κ2) is 5.67. The predicted molar refractivity (Wildman–Crippen MR) is 51.8 cm³/mol. The zero-order valence-electron chi connectivity index (χ0n) is 8.90. The van der Waals surface area contributed by atoms with E-state index in [9.17, 15) is 14.7 Å². The molecule has 0 aliphatic carbocycles. The minimum atomic E-state index is -2.58. The fraction of sp³-hybridized carbons (Fsp3) is 0.778. The van der Waals surface area contributed by atoms with E-state index in [2.05, 4.69) is 0 Å². The summed E-state index contributed by atoms with van der Waals surface area (Å²) in [4.78, 5) is 21.8. The molecule has 15 heavy (non-hydrogen) atoms. The van der Waals surface area contributed by atoms with E-state index in [4.69, 9.17) is 15.6 Å². The summed E-state index contributed by atoms with van der Waals surface area (Å²) < 4.78 is 4.74. The van der Waals surface area contributed by atoms with E-state index in [1.54, 1.807) is 0 Å². The molecule has 0 amide bonds. The molecule has 2 atom stereocenters. The van der Waals surface area contributed by atoms with Crippen molar-refractivity contribution in [1.82, 2.24) is 0 Å². The van der Waals surface area contributed by atoms with Gasteiger partial charge in [0.1, 0.15) is 5.92 Å². The molecule has 0 heterocycles. The maximum absolute atomic E-state index is 11.2. The van der Waals surface area contributed by atoms with Gasteiger partial charge in [0.2, 0.25) is 5.72 Å². The fourth-order valence-electron chi connectivity index (χ4n) is 0.807. The van der Waals surface area contributed by atoms with Gasteiger partial charge in [-0.3, -0.25) is 10.5 Å². The van der Waals surface area contributed by atoms with Gasteiger partial charge in [-0.25, -0.2) is 4.79 Å². The van der Waals surface area contributed by atoms with Crippen LogP contribution in [-0.4, -0.2) is 34.5 Å². The van der Waals surface area contributed by atoms with Crippen molar-refractivity contribution in [1.29, 1.82) is 0 Å². The van der Waals surface area contributed by atoms with Gasteiger partial charge in [-0.05, 0) is 13.3 Å². The van der Waals surface area contributed by atoms with Crippen LogP contribution >= 0.6 is 0 Å². The highest BCUT2D eigenvalue weighted by Crippen LogP contribution is 2.13. The summed E-state index contributed by atoms with van der Waals surface area (Å²) >= 11 is 0. The number of carboxylic acids is 1. The second-order valence-corrected chi connectivity index (χ2v) is 3.37. The highest BCUT2D eigenvalue weighted by molar-refractivity contribution is 5.85. The Hall–Kier alpha value is -1.14. The van der Waals surface area contributed by atoms with Crippen LogP contribution < -0.4 is 5.73 Å². The Balaban J connectivity index is 4.25. The lowest BCUT2D eigenvalue weighted by atomic mass is 9.99. The number of hydrogen-bond donors (Lipinski definition) is 3. The van der Waals surface area contributed by atoms with Crippen molar-refractivity contribution in [3.63, 3.8) is 0 Å². The Kier molecular flexibility index (Phi) is 5.24. The van der Waals surface area contributed by atoms with Crippen LogP contribution in [0.5, 0.6) is 0 Å². The quantitative estimate of drug-likeness (QED) is 0.321. The molecule has 6 nitrogen and oxygen atoms in total. The van der Waals surface area contributed by atoms with E-state index in [1.807, 2.05) is 6.92 Å². The van der Waals surface area contributed by atoms with Gasteiger partial charge in [-0.1, -0.05) is 13.3 Å². The number of aliphatic carboxylic acids is 1. The SMILES string of the molecule is CCCCOC(=O)C(C)C(N)(O)C(=O)O. The smallest absolute Gasteiger partial charge is 0.351 e. The predicted octanol–water partition coefficient (Wildman–Crippen LogP) is -0.302. The van der Waals surface area contributed by atoms with E-state index < -0.39 is 23.6 Å². The normalized spacial score (nSPS) is 16.5. The highest BCUT2D eigenvalue weighted by atomic mass is 16.5. The minimum Gasteiger partial charge on any atom is -0.478 e. The van der Waals surface area contributed by atoms with Gasteiger partial charge in [0.05, 0.1) is 6.61 Å². The third-order valence-corrected chi connectivity index (χ3v) is 2.10. The summed E-state index contributed by atoms with van der Waals surface area (Å²) in [6, 6.07) is 0. The number of nitrogens with two attached hydrogens (primary N) is 1. The van der Waals surface area contributed by atoms with Gasteiger partial charge in [0, 0.05) is 0 Å². The standard InChI is InChI=1S/C9H17NO5/c1-3-4-5-15-7(11)6(2)9(10,14)8(12)13/h6,14H,3-5,10H2,1-2H3,(H,12,13). The van der Waals surface area contributed by atoms with E-state index in [0.29, 0.717) is 6.42 Å². The summed E-state index contributed by atoms with van der Waals surface area (Å²) in [6.45, 7) is 3.34. The van der Waals surface area contributed by atoms with Crippen LogP contribution in [0.25, 0.3) is 0 Å². The van der Waals surface area contributed by atoms with Crippen LogP contribution in [0.2, 0.25) is 0 Å². The van der Waals surface area contributed by atoms with E-state index in [0.717, 1.165) is 6.42 Å². The lowest BCUT2D eigenvalue weighted by Crippen LogP contribution is -2.56.